The lowest BCUT2D eigenvalue weighted by molar-refractivity contribution is 0.560. The topological polar surface area (TPSA) is 38.0 Å². The third-order valence-corrected chi connectivity index (χ3v) is 3.77. The maximum atomic E-state index is 5.66. The van der Waals surface area contributed by atoms with E-state index in [9.17, 15) is 0 Å². The van der Waals surface area contributed by atoms with Gasteiger partial charge in [0.25, 0.3) is 0 Å². The Hall–Kier alpha value is -1.18. The molecular weight excluding hydrogens is 244 g/mol. The highest BCUT2D eigenvalue weighted by molar-refractivity contribution is 5.50. The molecule has 1 rings (SSSR count). The van der Waals surface area contributed by atoms with Gasteiger partial charge in [0, 0.05) is 17.9 Å². The first-order valence-electron chi connectivity index (χ1n) is 8.42. The zero-order chi connectivity index (χ0) is 14.5. The fraction of sp³-hybridized carbons (Fsp3) is 0.667. The number of hydrogen-bond acceptors (Lipinski definition) is 2. The predicted octanol–water partition coefficient (Wildman–Crippen LogP) is 5.60. The van der Waals surface area contributed by atoms with Gasteiger partial charge in [-0.25, -0.2) is 0 Å². The average Bonchev–Trinajstić information content (AvgIpc) is 2.47. The summed E-state index contributed by atoms with van der Waals surface area (Å²) in [5, 5.41) is 3.44. The number of nitrogens with one attached hydrogen (secondary N) is 1. The number of nitrogen functional groups attached to an aromatic ring is 1. The molecule has 0 saturated carbocycles. The minimum Gasteiger partial charge on any atom is -0.399 e. The van der Waals surface area contributed by atoms with E-state index < -0.39 is 0 Å². The van der Waals surface area contributed by atoms with Gasteiger partial charge in [-0.3, -0.25) is 0 Å². The minimum atomic E-state index is 0.828. The molecule has 0 aliphatic carbocycles. The van der Waals surface area contributed by atoms with E-state index in [0.29, 0.717) is 0 Å². The summed E-state index contributed by atoms with van der Waals surface area (Å²) in [7, 11) is 0. The summed E-state index contributed by atoms with van der Waals surface area (Å²) in [4.78, 5) is 0. The second kappa shape index (κ2) is 11.6. The van der Waals surface area contributed by atoms with Gasteiger partial charge in [-0.2, -0.15) is 0 Å². The van der Waals surface area contributed by atoms with Crippen molar-refractivity contribution in [3.63, 3.8) is 0 Å². The van der Waals surface area contributed by atoms with Crippen molar-refractivity contribution in [3.05, 3.63) is 24.3 Å². The highest BCUT2D eigenvalue weighted by Crippen LogP contribution is 2.12. The number of rotatable bonds is 12. The Bertz CT molecular complexity index is 319. The maximum Gasteiger partial charge on any atom is 0.0341 e. The molecule has 0 bridgehead atoms. The van der Waals surface area contributed by atoms with E-state index in [-0.39, 0.29) is 0 Å². The molecule has 0 saturated heterocycles. The van der Waals surface area contributed by atoms with Crippen LogP contribution < -0.4 is 11.1 Å². The summed E-state index contributed by atoms with van der Waals surface area (Å²) in [5.41, 5.74) is 7.66. The Morgan fingerprint density at radius 2 is 1.25 bits per heavy atom. The first-order chi connectivity index (χ1) is 9.83. The summed E-state index contributed by atoms with van der Waals surface area (Å²) in [6.45, 7) is 3.35. The lowest BCUT2D eigenvalue weighted by Gasteiger charge is -2.06. The van der Waals surface area contributed by atoms with Crippen LogP contribution in [0.2, 0.25) is 0 Å². The average molecular weight is 276 g/mol. The van der Waals surface area contributed by atoms with Gasteiger partial charge in [0.2, 0.25) is 0 Å². The molecule has 0 aromatic heterocycles. The van der Waals surface area contributed by atoms with Crippen LogP contribution in [-0.2, 0) is 0 Å². The van der Waals surface area contributed by atoms with E-state index in [1.165, 1.54) is 69.9 Å². The van der Waals surface area contributed by atoms with Gasteiger partial charge in [-0.1, -0.05) is 64.7 Å². The summed E-state index contributed by atoms with van der Waals surface area (Å²) < 4.78 is 0. The summed E-state index contributed by atoms with van der Waals surface area (Å²) in [6.07, 6.45) is 13.9. The molecule has 0 spiro atoms. The van der Waals surface area contributed by atoms with Gasteiger partial charge in [-0.05, 0) is 30.7 Å². The molecule has 2 heteroatoms. The van der Waals surface area contributed by atoms with Crippen LogP contribution in [0.15, 0.2) is 24.3 Å². The quantitative estimate of drug-likeness (QED) is 0.385. The van der Waals surface area contributed by atoms with E-state index >= 15 is 0 Å². The zero-order valence-electron chi connectivity index (χ0n) is 13.2. The molecule has 0 aliphatic rings. The first kappa shape index (κ1) is 16.9. The molecule has 0 heterocycles. The fourth-order valence-electron chi connectivity index (χ4n) is 2.45. The van der Waals surface area contributed by atoms with Crippen LogP contribution in [0, 0.1) is 0 Å². The van der Waals surface area contributed by atoms with Gasteiger partial charge >= 0.3 is 0 Å². The van der Waals surface area contributed by atoms with Crippen LogP contribution in [0.1, 0.15) is 71.1 Å². The van der Waals surface area contributed by atoms with Crippen LogP contribution in [-0.4, -0.2) is 6.54 Å². The van der Waals surface area contributed by atoms with Crippen molar-refractivity contribution in [2.45, 2.75) is 71.1 Å². The third kappa shape index (κ3) is 8.84. The van der Waals surface area contributed by atoms with Crippen molar-refractivity contribution >= 4 is 11.4 Å². The molecule has 2 nitrogen and oxygen atoms in total. The Kier molecular flexibility index (Phi) is 9.81. The molecule has 0 unspecified atom stereocenters. The number of nitrogens with two attached hydrogens (primary N) is 1. The third-order valence-electron chi connectivity index (χ3n) is 3.77. The standard InChI is InChI=1S/C18H32N2/c1-2-3-4-5-6-7-8-9-10-11-16-20-18-14-12-17(19)13-15-18/h12-15,20H,2-11,16,19H2,1H3. The van der Waals surface area contributed by atoms with Crippen molar-refractivity contribution in [1.29, 1.82) is 0 Å². The van der Waals surface area contributed by atoms with Gasteiger partial charge in [-0.15, -0.1) is 0 Å². The summed E-state index contributed by atoms with van der Waals surface area (Å²) in [5.74, 6) is 0. The lowest BCUT2D eigenvalue weighted by Crippen LogP contribution is -2.01. The maximum absolute atomic E-state index is 5.66. The van der Waals surface area contributed by atoms with Crippen molar-refractivity contribution in [2.75, 3.05) is 17.6 Å². The highest BCUT2D eigenvalue weighted by atomic mass is 14.9. The summed E-state index contributed by atoms with van der Waals surface area (Å²) >= 11 is 0. The fourth-order valence-corrected chi connectivity index (χ4v) is 2.45. The van der Waals surface area contributed by atoms with E-state index in [1.54, 1.807) is 0 Å². The smallest absolute Gasteiger partial charge is 0.0341 e. The number of anilines is 2. The van der Waals surface area contributed by atoms with Crippen LogP contribution in [0.3, 0.4) is 0 Å². The van der Waals surface area contributed by atoms with Crippen LogP contribution in [0.4, 0.5) is 11.4 Å². The summed E-state index contributed by atoms with van der Waals surface area (Å²) in [6, 6.07) is 7.99. The monoisotopic (exact) mass is 276 g/mol. The molecule has 0 fully saturated rings. The van der Waals surface area contributed by atoms with E-state index in [1.807, 2.05) is 24.3 Å². The van der Waals surface area contributed by atoms with E-state index in [4.69, 9.17) is 5.73 Å². The zero-order valence-corrected chi connectivity index (χ0v) is 13.2. The molecular formula is C18H32N2. The predicted molar refractivity (Wildman–Crippen MR) is 91.2 cm³/mol. The van der Waals surface area contributed by atoms with Gasteiger partial charge in [0.15, 0.2) is 0 Å². The number of unbranched alkanes of at least 4 members (excludes halogenated alkanes) is 9. The molecule has 1 aromatic rings. The highest BCUT2D eigenvalue weighted by Gasteiger charge is 1.94. The van der Waals surface area contributed by atoms with E-state index in [0.717, 1.165) is 12.2 Å². The largest absolute Gasteiger partial charge is 0.399 e. The van der Waals surface area contributed by atoms with Gasteiger partial charge < -0.3 is 11.1 Å². The minimum absolute atomic E-state index is 0.828. The number of hydrogen-bond donors (Lipinski definition) is 2. The van der Waals surface area contributed by atoms with Crippen LogP contribution >= 0.6 is 0 Å². The Morgan fingerprint density at radius 1 is 0.750 bits per heavy atom. The molecule has 0 atom stereocenters. The SMILES string of the molecule is CCCCCCCCCCCCNc1ccc(N)cc1. The van der Waals surface area contributed by atoms with Crippen molar-refractivity contribution in [1.82, 2.24) is 0 Å². The molecule has 0 aliphatic heterocycles. The van der Waals surface area contributed by atoms with Crippen LogP contribution in [0.5, 0.6) is 0 Å². The molecule has 114 valence electrons. The van der Waals surface area contributed by atoms with E-state index in [2.05, 4.69) is 12.2 Å². The van der Waals surface area contributed by atoms with Gasteiger partial charge in [0.05, 0.1) is 0 Å². The van der Waals surface area contributed by atoms with Crippen molar-refractivity contribution < 1.29 is 0 Å². The normalized spacial score (nSPS) is 10.7. The molecule has 1 aromatic carbocycles. The van der Waals surface area contributed by atoms with Gasteiger partial charge in [0.1, 0.15) is 0 Å². The second-order valence-electron chi connectivity index (χ2n) is 5.73. The van der Waals surface area contributed by atoms with Crippen LogP contribution in [0.25, 0.3) is 0 Å². The second-order valence-corrected chi connectivity index (χ2v) is 5.73. The van der Waals surface area contributed by atoms with Crippen molar-refractivity contribution in [3.8, 4) is 0 Å². The molecule has 3 N–H and O–H groups in total. The lowest BCUT2D eigenvalue weighted by atomic mass is 10.1. The Labute approximate surface area is 125 Å². The Morgan fingerprint density at radius 3 is 1.80 bits per heavy atom. The van der Waals surface area contributed by atoms with Crippen molar-refractivity contribution in [2.24, 2.45) is 0 Å². The number of benzene rings is 1. The Balaban J connectivity index is 1.84. The molecule has 0 radical (unpaired) electrons. The first-order valence-corrected chi connectivity index (χ1v) is 8.42. The molecule has 20 heavy (non-hydrogen) atoms. The molecule has 0 amide bonds.